The van der Waals surface area contributed by atoms with Gasteiger partial charge in [0, 0.05) is 6.42 Å². The minimum absolute atomic E-state index is 0.0737. The van der Waals surface area contributed by atoms with Crippen LogP contribution in [0, 0.1) is 0 Å². The minimum atomic E-state index is -0.821. The van der Waals surface area contributed by atoms with E-state index in [1.165, 1.54) is 0 Å². The topological polar surface area (TPSA) is 67.5 Å². The molecule has 2 rings (SSSR count). The second-order valence-electron chi connectivity index (χ2n) is 4.09. The molecule has 2 aromatic heterocycles. The monoisotopic (exact) mass is 311 g/mol. The van der Waals surface area contributed by atoms with Gasteiger partial charge in [-0.1, -0.05) is 13.3 Å². The molecule has 0 bridgehead atoms. The molecule has 18 heavy (non-hydrogen) atoms. The first-order chi connectivity index (χ1) is 8.61. The Kier molecular flexibility index (Phi) is 3.96. The normalized spacial score (nSPS) is 11.0. The minimum Gasteiger partial charge on any atom is -0.481 e. The van der Waals surface area contributed by atoms with Crippen LogP contribution in [-0.2, 0) is 17.6 Å². The summed E-state index contributed by atoms with van der Waals surface area (Å²) in [5.41, 5.74) is 2.48. The van der Waals surface area contributed by atoms with Gasteiger partial charge in [-0.3, -0.25) is 4.79 Å². The van der Waals surface area contributed by atoms with Crippen LogP contribution < -0.4 is 0 Å². The third-order valence-electron chi connectivity index (χ3n) is 2.63. The smallest absolute Gasteiger partial charge is 0.303 e. The van der Waals surface area contributed by atoms with Crippen molar-refractivity contribution in [3.05, 3.63) is 28.1 Å². The van der Waals surface area contributed by atoms with E-state index in [9.17, 15) is 4.79 Å². The van der Waals surface area contributed by atoms with Crippen LogP contribution in [0.2, 0.25) is 0 Å². The predicted molar refractivity (Wildman–Crippen MR) is 70.6 cm³/mol. The van der Waals surface area contributed by atoms with Crippen LogP contribution in [0.1, 0.15) is 31.2 Å². The van der Waals surface area contributed by atoms with Crippen molar-refractivity contribution in [3.8, 4) is 0 Å². The van der Waals surface area contributed by atoms with Gasteiger partial charge in [-0.2, -0.15) is 5.10 Å². The fourth-order valence-corrected chi connectivity index (χ4v) is 2.31. The quantitative estimate of drug-likeness (QED) is 0.921. The summed E-state index contributed by atoms with van der Waals surface area (Å²) in [5, 5.41) is 13.2. The molecule has 0 saturated carbocycles. The van der Waals surface area contributed by atoms with Crippen molar-refractivity contribution in [1.82, 2.24) is 14.6 Å². The van der Waals surface area contributed by atoms with Gasteiger partial charge in [0.1, 0.15) is 4.60 Å². The molecule has 0 atom stereocenters. The van der Waals surface area contributed by atoms with Gasteiger partial charge < -0.3 is 5.11 Å². The SMILES string of the molecule is CCCc1ccc2nc(CCC(=O)O)c(Br)n2n1. The van der Waals surface area contributed by atoms with E-state index < -0.39 is 5.97 Å². The third-order valence-corrected chi connectivity index (χ3v) is 3.42. The van der Waals surface area contributed by atoms with E-state index in [0.717, 1.165) is 34.5 Å². The van der Waals surface area contributed by atoms with Crippen LogP contribution in [0.4, 0.5) is 0 Å². The highest BCUT2D eigenvalue weighted by Gasteiger charge is 2.12. The Bertz CT molecular complexity index is 580. The fraction of sp³-hybridized carbons (Fsp3) is 0.417. The number of carboxylic acid groups (broad SMARTS) is 1. The molecule has 0 fully saturated rings. The van der Waals surface area contributed by atoms with E-state index in [4.69, 9.17) is 5.11 Å². The van der Waals surface area contributed by atoms with Crippen molar-refractivity contribution in [3.63, 3.8) is 0 Å². The first-order valence-corrected chi connectivity index (χ1v) is 6.66. The summed E-state index contributed by atoms with van der Waals surface area (Å²) < 4.78 is 2.47. The van der Waals surface area contributed by atoms with Gasteiger partial charge in [-0.05, 0) is 34.5 Å². The van der Waals surface area contributed by atoms with Crippen LogP contribution in [0.15, 0.2) is 16.7 Å². The Labute approximate surface area is 113 Å². The number of carboxylic acids is 1. The van der Waals surface area contributed by atoms with E-state index >= 15 is 0 Å². The predicted octanol–water partition coefficient (Wildman–Crippen LogP) is 2.46. The van der Waals surface area contributed by atoms with Gasteiger partial charge in [0.05, 0.1) is 17.8 Å². The summed E-state index contributed by atoms with van der Waals surface area (Å²) in [6, 6.07) is 3.87. The number of hydrogen-bond donors (Lipinski definition) is 1. The van der Waals surface area contributed by atoms with Crippen molar-refractivity contribution < 1.29 is 9.90 Å². The Morgan fingerprint density at radius 3 is 2.89 bits per heavy atom. The van der Waals surface area contributed by atoms with Gasteiger partial charge in [-0.15, -0.1) is 0 Å². The van der Waals surface area contributed by atoms with E-state index in [1.54, 1.807) is 4.52 Å². The molecule has 0 amide bonds. The van der Waals surface area contributed by atoms with E-state index in [-0.39, 0.29) is 6.42 Å². The van der Waals surface area contributed by atoms with Crippen molar-refractivity contribution in [2.45, 2.75) is 32.6 Å². The molecule has 0 aliphatic carbocycles. The van der Waals surface area contributed by atoms with Gasteiger partial charge >= 0.3 is 5.97 Å². The fourth-order valence-electron chi connectivity index (χ4n) is 1.76. The highest BCUT2D eigenvalue weighted by molar-refractivity contribution is 9.10. The number of rotatable bonds is 5. The summed E-state index contributed by atoms with van der Waals surface area (Å²) in [6.07, 6.45) is 2.44. The maximum atomic E-state index is 10.6. The molecule has 6 heteroatoms. The molecule has 0 spiro atoms. The number of hydrogen-bond acceptors (Lipinski definition) is 3. The van der Waals surface area contributed by atoms with Crippen LogP contribution in [0.25, 0.3) is 5.65 Å². The molecule has 2 aromatic rings. The number of fused-ring (bicyclic) bond motifs is 1. The van der Waals surface area contributed by atoms with E-state index in [0.29, 0.717) is 6.42 Å². The number of aromatic nitrogens is 3. The van der Waals surface area contributed by atoms with Gasteiger partial charge in [0.15, 0.2) is 5.65 Å². The molecular formula is C12H14BrN3O2. The van der Waals surface area contributed by atoms with Crippen LogP contribution in [0.5, 0.6) is 0 Å². The van der Waals surface area contributed by atoms with E-state index in [1.807, 2.05) is 12.1 Å². The summed E-state index contributed by atoms with van der Waals surface area (Å²) in [4.78, 5) is 14.9. The molecule has 0 unspecified atom stereocenters. The average Bonchev–Trinajstić information content (AvgIpc) is 2.64. The second-order valence-corrected chi connectivity index (χ2v) is 4.84. The zero-order chi connectivity index (χ0) is 13.1. The summed E-state index contributed by atoms with van der Waals surface area (Å²) in [6.45, 7) is 2.10. The zero-order valence-electron chi connectivity index (χ0n) is 10.1. The van der Waals surface area contributed by atoms with Crippen LogP contribution in [-0.4, -0.2) is 25.7 Å². The number of nitrogens with zero attached hydrogens (tertiary/aromatic N) is 3. The van der Waals surface area contributed by atoms with Crippen molar-refractivity contribution in [2.75, 3.05) is 0 Å². The molecule has 0 aliphatic rings. The Morgan fingerprint density at radius 1 is 1.44 bits per heavy atom. The molecule has 0 aromatic carbocycles. The molecule has 2 heterocycles. The lowest BCUT2D eigenvalue weighted by atomic mass is 10.2. The summed E-state index contributed by atoms with van der Waals surface area (Å²) in [7, 11) is 0. The maximum absolute atomic E-state index is 10.6. The lowest BCUT2D eigenvalue weighted by molar-refractivity contribution is -0.136. The average molecular weight is 312 g/mol. The Hall–Kier alpha value is -1.43. The van der Waals surface area contributed by atoms with E-state index in [2.05, 4.69) is 32.9 Å². The largest absolute Gasteiger partial charge is 0.481 e. The lowest BCUT2D eigenvalue weighted by Gasteiger charge is -1.99. The Morgan fingerprint density at radius 2 is 2.22 bits per heavy atom. The number of imidazole rings is 1. The van der Waals surface area contributed by atoms with Crippen LogP contribution in [0.3, 0.4) is 0 Å². The number of aryl methyl sites for hydroxylation is 2. The third kappa shape index (κ3) is 2.69. The van der Waals surface area contributed by atoms with Gasteiger partial charge in [0.25, 0.3) is 0 Å². The van der Waals surface area contributed by atoms with Crippen molar-refractivity contribution in [1.29, 1.82) is 0 Å². The lowest BCUT2D eigenvalue weighted by Crippen LogP contribution is -1.99. The molecule has 96 valence electrons. The summed E-state index contributed by atoms with van der Waals surface area (Å²) in [5.74, 6) is -0.821. The summed E-state index contributed by atoms with van der Waals surface area (Å²) >= 11 is 3.43. The highest BCUT2D eigenvalue weighted by atomic mass is 79.9. The number of halogens is 1. The van der Waals surface area contributed by atoms with Crippen molar-refractivity contribution in [2.24, 2.45) is 0 Å². The molecular weight excluding hydrogens is 298 g/mol. The first-order valence-electron chi connectivity index (χ1n) is 5.86. The number of carbonyl (C=O) groups is 1. The molecule has 0 saturated heterocycles. The van der Waals surface area contributed by atoms with Crippen LogP contribution >= 0.6 is 15.9 Å². The number of aliphatic carboxylic acids is 1. The second kappa shape index (κ2) is 5.48. The van der Waals surface area contributed by atoms with Gasteiger partial charge in [0.2, 0.25) is 0 Å². The molecule has 5 nitrogen and oxygen atoms in total. The maximum Gasteiger partial charge on any atom is 0.303 e. The molecule has 1 N–H and O–H groups in total. The standard InChI is InChI=1S/C12H14BrN3O2/c1-2-3-8-4-6-10-14-9(5-7-11(17)18)12(13)16(10)15-8/h4,6H,2-3,5,7H2,1H3,(H,17,18). The van der Waals surface area contributed by atoms with Crippen molar-refractivity contribution >= 4 is 27.5 Å². The Balaban J connectivity index is 2.33. The highest BCUT2D eigenvalue weighted by Crippen LogP contribution is 2.19. The zero-order valence-corrected chi connectivity index (χ0v) is 11.6. The first kappa shape index (κ1) is 13.0. The molecule has 0 radical (unpaired) electrons. The molecule has 0 aliphatic heterocycles. The van der Waals surface area contributed by atoms with Gasteiger partial charge in [-0.25, -0.2) is 9.50 Å².